The first kappa shape index (κ1) is 22.4. The topological polar surface area (TPSA) is 115 Å². The minimum atomic E-state index is -3.54. The van der Waals surface area contributed by atoms with E-state index in [2.05, 4.69) is 17.3 Å². The minimum Gasteiger partial charge on any atom is -0.387 e. The van der Waals surface area contributed by atoms with Crippen molar-refractivity contribution in [1.29, 1.82) is 0 Å². The molecule has 9 nitrogen and oxygen atoms in total. The van der Waals surface area contributed by atoms with Gasteiger partial charge in [-0.3, -0.25) is 4.79 Å². The first-order chi connectivity index (χ1) is 15.3. The van der Waals surface area contributed by atoms with Crippen LogP contribution < -0.4 is 11.1 Å². The zero-order valence-electron chi connectivity index (χ0n) is 17.6. The van der Waals surface area contributed by atoms with Gasteiger partial charge in [-0.1, -0.05) is 13.0 Å². The number of nitrogens with zero attached hydrogens (tertiary/aromatic N) is 3. The lowest BCUT2D eigenvalue weighted by Crippen LogP contribution is -2.39. The van der Waals surface area contributed by atoms with E-state index in [1.807, 2.05) is 11.4 Å². The molecule has 3 aromatic rings. The van der Waals surface area contributed by atoms with Crippen molar-refractivity contribution in [2.45, 2.75) is 37.6 Å². The minimum absolute atomic E-state index is 0.0159. The molecule has 0 radical (unpaired) electrons. The number of hydrogen-bond donors (Lipinski definition) is 1. The average Bonchev–Trinajstić information content (AvgIpc) is 3.42. The Morgan fingerprint density at radius 1 is 1.28 bits per heavy atom. The van der Waals surface area contributed by atoms with Gasteiger partial charge in [-0.15, -0.1) is 16.4 Å². The molecule has 1 amide bonds. The molecule has 4 rings (SSSR count). The lowest BCUT2D eigenvalue weighted by atomic mass is 10.0. The number of aryl methyl sites for hydroxylation is 1. The van der Waals surface area contributed by atoms with E-state index < -0.39 is 15.8 Å². The van der Waals surface area contributed by atoms with Gasteiger partial charge in [-0.25, -0.2) is 13.2 Å². The predicted octanol–water partition coefficient (Wildman–Crippen LogP) is 3.01. The van der Waals surface area contributed by atoms with Crippen molar-refractivity contribution in [2.24, 2.45) is 5.92 Å². The third-order valence-electron chi connectivity index (χ3n) is 5.28. The van der Waals surface area contributed by atoms with Crippen LogP contribution in [0, 0.1) is 5.92 Å². The second-order valence-electron chi connectivity index (χ2n) is 7.81. The molecule has 3 heterocycles. The normalized spacial score (nSPS) is 17.3. The Morgan fingerprint density at radius 3 is 2.75 bits per heavy atom. The highest BCUT2D eigenvalue weighted by molar-refractivity contribution is 7.89. The number of benzene rings is 1. The maximum atomic E-state index is 12.8. The molecule has 1 atom stereocenters. The molecule has 0 saturated carbocycles. The fourth-order valence-corrected chi connectivity index (χ4v) is 5.84. The monoisotopic (exact) mass is 476 g/mol. The first-order valence-electron chi connectivity index (χ1n) is 10.3. The zero-order chi connectivity index (χ0) is 22.7. The fourth-order valence-electron chi connectivity index (χ4n) is 3.60. The second kappa shape index (κ2) is 9.39. The molecular formula is C21H24N4O5S2. The highest BCUT2D eigenvalue weighted by Gasteiger charge is 2.28. The van der Waals surface area contributed by atoms with Gasteiger partial charge in [0.05, 0.1) is 16.3 Å². The fraction of sp³-hybridized carbons (Fsp3) is 0.381. The summed E-state index contributed by atoms with van der Waals surface area (Å²) in [6.45, 7) is 3.17. The maximum absolute atomic E-state index is 12.8. The summed E-state index contributed by atoms with van der Waals surface area (Å²) in [7, 11) is -3.54. The number of amides is 1. The highest BCUT2D eigenvalue weighted by atomic mass is 32.2. The Labute approximate surface area is 189 Å². The van der Waals surface area contributed by atoms with Crippen molar-refractivity contribution in [2.75, 3.05) is 18.4 Å². The van der Waals surface area contributed by atoms with Crippen molar-refractivity contribution in [3.8, 4) is 10.8 Å². The highest BCUT2D eigenvalue weighted by Crippen LogP contribution is 2.24. The molecule has 32 heavy (non-hydrogen) atoms. The summed E-state index contributed by atoms with van der Waals surface area (Å²) in [5, 5.41) is 8.68. The molecule has 0 bridgehead atoms. The Balaban J connectivity index is 1.35. The molecule has 1 aromatic carbocycles. The van der Waals surface area contributed by atoms with Crippen LogP contribution in [-0.2, 0) is 21.4 Å². The van der Waals surface area contributed by atoms with Crippen molar-refractivity contribution in [3.05, 3.63) is 52.3 Å². The summed E-state index contributed by atoms with van der Waals surface area (Å²) in [5.74, 6) is -0.373. The maximum Gasteiger partial charge on any atom is 0.437 e. The molecule has 11 heteroatoms. The third kappa shape index (κ3) is 5.00. The number of nitrogens with one attached hydrogen (secondary N) is 1. The van der Waals surface area contributed by atoms with Crippen molar-refractivity contribution in [3.63, 3.8) is 0 Å². The van der Waals surface area contributed by atoms with Gasteiger partial charge >= 0.3 is 5.76 Å². The van der Waals surface area contributed by atoms with Crippen LogP contribution in [0.15, 0.2) is 55.9 Å². The van der Waals surface area contributed by atoms with Gasteiger partial charge in [0.2, 0.25) is 15.9 Å². The van der Waals surface area contributed by atoms with Crippen LogP contribution in [0.3, 0.4) is 0 Å². The van der Waals surface area contributed by atoms with E-state index in [0.717, 1.165) is 22.4 Å². The van der Waals surface area contributed by atoms with Crippen LogP contribution in [0.4, 0.5) is 5.69 Å². The largest absolute Gasteiger partial charge is 0.437 e. The number of piperidine rings is 1. The summed E-state index contributed by atoms with van der Waals surface area (Å²) in [6, 6.07) is 9.75. The van der Waals surface area contributed by atoms with Gasteiger partial charge in [0, 0.05) is 25.2 Å². The quantitative estimate of drug-likeness (QED) is 0.561. The molecule has 1 saturated heterocycles. The molecule has 1 N–H and O–H groups in total. The molecule has 1 aliphatic rings. The van der Waals surface area contributed by atoms with Crippen LogP contribution in [-0.4, -0.2) is 41.5 Å². The van der Waals surface area contributed by atoms with E-state index in [-0.39, 0.29) is 29.7 Å². The van der Waals surface area contributed by atoms with Gasteiger partial charge < -0.3 is 9.73 Å². The van der Waals surface area contributed by atoms with Crippen LogP contribution in [0.2, 0.25) is 0 Å². The number of carbonyl (C=O) groups excluding carboxylic acids is 1. The van der Waals surface area contributed by atoms with Crippen LogP contribution >= 0.6 is 11.3 Å². The van der Waals surface area contributed by atoms with Crippen molar-refractivity contribution < 1.29 is 17.6 Å². The number of rotatable bonds is 7. The zero-order valence-corrected chi connectivity index (χ0v) is 19.2. The van der Waals surface area contributed by atoms with Gasteiger partial charge in [-0.2, -0.15) is 8.99 Å². The summed E-state index contributed by atoms with van der Waals surface area (Å²) >= 11 is 1.40. The number of aromatic nitrogens is 2. The summed E-state index contributed by atoms with van der Waals surface area (Å²) in [5.41, 5.74) is 0.479. The lowest BCUT2D eigenvalue weighted by Gasteiger charge is -2.30. The summed E-state index contributed by atoms with van der Waals surface area (Å²) < 4.78 is 33.4. The molecule has 0 aliphatic carbocycles. The molecule has 1 unspecified atom stereocenters. The number of sulfonamides is 1. The molecule has 0 spiro atoms. The number of anilines is 1. The first-order valence-corrected chi connectivity index (χ1v) is 12.7. The van der Waals surface area contributed by atoms with Gasteiger partial charge in [0.15, 0.2) is 0 Å². The predicted molar refractivity (Wildman–Crippen MR) is 121 cm³/mol. The smallest absolute Gasteiger partial charge is 0.387 e. The summed E-state index contributed by atoms with van der Waals surface area (Å²) in [4.78, 5) is 25.2. The van der Waals surface area contributed by atoms with E-state index in [9.17, 15) is 18.0 Å². The van der Waals surface area contributed by atoms with E-state index in [0.29, 0.717) is 24.7 Å². The Kier molecular flexibility index (Phi) is 6.58. The Hall–Kier alpha value is -2.76. The van der Waals surface area contributed by atoms with Gasteiger partial charge in [0.1, 0.15) is 0 Å². The van der Waals surface area contributed by atoms with E-state index in [1.165, 1.54) is 27.8 Å². The average molecular weight is 477 g/mol. The number of hydrogen-bond acceptors (Lipinski definition) is 7. The molecule has 170 valence electrons. The van der Waals surface area contributed by atoms with Crippen LogP contribution in [0.1, 0.15) is 26.2 Å². The number of thiophene rings is 1. The molecular weight excluding hydrogens is 452 g/mol. The van der Waals surface area contributed by atoms with Gasteiger partial charge in [-0.05, 0) is 54.5 Å². The SMILES string of the molecule is CC1CCCN(S(=O)(=O)c2ccc(NC(=O)CCn3nc(-c4cccs4)oc3=O)cc2)C1. The molecule has 1 aliphatic heterocycles. The van der Waals surface area contributed by atoms with E-state index >= 15 is 0 Å². The molecule has 1 fully saturated rings. The van der Waals surface area contributed by atoms with E-state index in [4.69, 9.17) is 4.42 Å². The van der Waals surface area contributed by atoms with Gasteiger partial charge in [0.25, 0.3) is 5.89 Å². The number of carbonyl (C=O) groups is 1. The Bertz CT molecular complexity index is 1230. The van der Waals surface area contributed by atoms with Crippen molar-refractivity contribution in [1.82, 2.24) is 14.1 Å². The van der Waals surface area contributed by atoms with Crippen molar-refractivity contribution >= 4 is 33.0 Å². The Morgan fingerprint density at radius 2 is 2.06 bits per heavy atom. The van der Waals surface area contributed by atoms with Crippen LogP contribution in [0.5, 0.6) is 0 Å². The van der Waals surface area contributed by atoms with E-state index in [1.54, 1.807) is 18.2 Å². The lowest BCUT2D eigenvalue weighted by molar-refractivity contribution is -0.116. The standard InChI is InChI=1S/C21H24N4O5S2/c1-15-4-2-11-24(14-15)32(28,29)17-8-6-16(7-9-17)22-19(26)10-12-25-21(27)30-20(23-25)18-5-3-13-31-18/h3,5-9,13,15H,2,4,10-12,14H2,1H3,(H,22,26). The van der Waals surface area contributed by atoms with Crippen LogP contribution in [0.25, 0.3) is 10.8 Å². The summed E-state index contributed by atoms with van der Waals surface area (Å²) in [6.07, 6.45) is 1.91. The molecule has 2 aromatic heterocycles. The third-order valence-corrected chi connectivity index (χ3v) is 8.02. The second-order valence-corrected chi connectivity index (χ2v) is 10.7.